The Morgan fingerprint density at radius 2 is 1.90 bits per heavy atom. The first kappa shape index (κ1) is 14.5. The lowest BCUT2D eigenvalue weighted by atomic mass is 10.0. The number of ether oxygens (including phenoxy) is 1. The summed E-state index contributed by atoms with van der Waals surface area (Å²) in [5.74, 6) is 1.27. The van der Waals surface area contributed by atoms with Gasteiger partial charge in [0, 0.05) is 12.6 Å². The van der Waals surface area contributed by atoms with Gasteiger partial charge in [-0.05, 0) is 47.7 Å². The van der Waals surface area contributed by atoms with E-state index in [0.29, 0.717) is 18.2 Å². The number of aryl methyl sites for hydroxylation is 1. The number of benzene rings is 2. The summed E-state index contributed by atoms with van der Waals surface area (Å²) in [6.07, 6.45) is 0. The van der Waals surface area contributed by atoms with Crippen LogP contribution in [0.4, 0.5) is 4.39 Å². The van der Waals surface area contributed by atoms with E-state index in [4.69, 9.17) is 10.5 Å². The van der Waals surface area contributed by atoms with Crippen molar-refractivity contribution in [1.82, 2.24) is 0 Å². The molecule has 0 aliphatic carbocycles. The lowest BCUT2D eigenvalue weighted by molar-refractivity contribution is 0.466. The highest BCUT2D eigenvalue weighted by Gasteiger charge is 2.10. The summed E-state index contributed by atoms with van der Waals surface area (Å²) in [4.78, 5) is 0. The number of halogens is 1. The van der Waals surface area contributed by atoms with Gasteiger partial charge in [0.1, 0.15) is 17.3 Å². The number of nitrogens with two attached hydrogens (primary N) is 1. The fourth-order valence-corrected chi connectivity index (χ4v) is 2.13. The molecule has 0 unspecified atom stereocenters. The maximum absolute atomic E-state index is 13.5. The topological polar surface area (TPSA) is 35.2 Å². The van der Waals surface area contributed by atoms with Crippen LogP contribution in [0.25, 0.3) is 0 Å². The van der Waals surface area contributed by atoms with Gasteiger partial charge in [0.05, 0.1) is 0 Å². The van der Waals surface area contributed by atoms with Crippen LogP contribution in [-0.4, -0.2) is 0 Å². The second-order valence-electron chi connectivity index (χ2n) is 5.30. The van der Waals surface area contributed by atoms with Gasteiger partial charge >= 0.3 is 0 Å². The highest BCUT2D eigenvalue weighted by molar-refractivity contribution is 5.43. The molecular weight excluding hydrogens is 253 g/mol. The fourth-order valence-electron chi connectivity index (χ4n) is 2.13. The lowest BCUT2D eigenvalue weighted by Crippen LogP contribution is -1.99. The summed E-state index contributed by atoms with van der Waals surface area (Å²) in [7, 11) is 0. The molecule has 0 atom stereocenters. The van der Waals surface area contributed by atoms with Crippen molar-refractivity contribution in [2.45, 2.75) is 33.2 Å². The molecule has 0 heterocycles. The Bertz CT molecular complexity index is 608. The lowest BCUT2D eigenvalue weighted by Gasteiger charge is -2.15. The van der Waals surface area contributed by atoms with E-state index in [9.17, 15) is 4.39 Å². The van der Waals surface area contributed by atoms with Gasteiger partial charge in [-0.25, -0.2) is 4.39 Å². The van der Waals surface area contributed by atoms with E-state index in [-0.39, 0.29) is 5.82 Å². The quantitative estimate of drug-likeness (QED) is 0.889. The first-order valence-corrected chi connectivity index (χ1v) is 6.77. The van der Waals surface area contributed by atoms with Crippen LogP contribution in [0.1, 0.15) is 36.5 Å². The average molecular weight is 273 g/mol. The highest BCUT2D eigenvalue weighted by atomic mass is 19.1. The molecule has 2 aromatic rings. The molecule has 2 nitrogen and oxygen atoms in total. The molecule has 0 aromatic heterocycles. The normalized spacial score (nSPS) is 10.9. The minimum Gasteiger partial charge on any atom is -0.457 e. The zero-order chi connectivity index (χ0) is 14.7. The zero-order valence-electron chi connectivity index (χ0n) is 12.1. The molecule has 2 aromatic carbocycles. The maximum Gasteiger partial charge on any atom is 0.131 e. The summed E-state index contributed by atoms with van der Waals surface area (Å²) < 4.78 is 19.4. The van der Waals surface area contributed by atoms with Crippen molar-refractivity contribution < 1.29 is 9.13 Å². The third-order valence-corrected chi connectivity index (χ3v) is 3.19. The molecule has 0 aliphatic heterocycles. The summed E-state index contributed by atoms with van der Waals surface area (Å²) in [5, 5.41) is 0. The second kappa shape index (κ2) is 6.06. The minimum absolute atomic E-state index is 0.291. The SMILES string of the molecule is Cc1ccc(C(C)C)c(Oc2cc(F)cc(CN)c2)c1. The number of rotatable bonds is 4. The van der Waals surface area contributed by atoms with Crippen molar-refractivity contribution in [3.63, 3.8) is 0 Å². The molecule has 0 spiro atoms. The molecule has 2 rings (SSSR count). The van der Waals surface area contributed by atoms with Crippen molar-refractivity contribution in [3.05, 3.63) is 58.9 Å². The largest absolute Gasteiger partial charge is 0.457 e. The van der Waals surface area contributed by atoms with Crippen molar-refractivity contribution in [2.75, 3.05) is 0 Å². The van der Waals surface area contributed by atoms with Crippen molar-refractivity contribution >= 4 is 0 Å². The Balaban J connectivity index is 2.38. The van der Waals surface area contributed by atoms with Crippen LogP contribution in [-0.2, 0) is 6.54 Å². The first-order valence-electron chi connectivity index (χ1n) is 6.77. The summed E-state index contributed by atoms with van der Waals surface area (Å²) >= 11 is 0. The zero-order valence-corrected chi connectivity index (χ0v) is 12.1. The fraction of sp³-hybridized carbons (Fsp3) is 0.294. The molecule has 0 radical (unpaired) electrons. The van der Waals surface area contributed by atoms with Gasteiger partial charge < -0.3 is 10.5 Å². The third kappa shape index (κ3) is 3.36. The predicted octanol–water partition coefficient (Wildman–Crippen LogP) is 4.51. The van der Waals surface area contributed by atoms with E-state index in [2.05, 4.69) is 26.0 Å². The van der Waals surface area contributed by atoms with E-state index in [0.717, 1.165) is 22.4 Å². The summed E-state index contributed by atoms with van der Waals surface area (Å²) in [6, 6.07) is 10.7. The average Bonchev–Trinajstić information content (AvgIpc) is 2.37. The van der Waals surface area contributed by atoms with Crippen LogP contribution in [0.5, 0.6) is 11.5 Å². The van der Waals surface area contributed by atoms with E-state index >= 15 is 0 Å². The van der Waals surface area contributed by atoms with Gasteiger partial charge in [-0.1, -0.05) is 26.0 Å². The molecule has 0 saturated carbocycles. The van der Waals surface area contributed by atoms with Crippen molar-refractivity contribution in [2.24, 2.45) is 5.73 Å². The number of hydrogen-bond donors (Lipinski definition) is 1. The molecule has 0 aliphatic rings. The van der Waals surface area contributed by atoms with Crippen LogP contribution >= 0.6 is 0 Å². The van der Waals surface area contributed by atoms with Crippen LogP contribution < -0.4 is 10.5 Å². The van der Waals surface area contributed by atoms with E-state index in [1.807, 2.05) is 13.0 Å². The Hall–Kier alpha value is -1.87. The standard InChI is InChI=1S/C17H20FNO/c1-11(2)16-5-4-12(3)6-17(16)20-15-8-13(10-19)7-14(18)9-15/h4-9,11H,10,19H2,1-3H3. The first-order chi connectivity index (χ1) is 9.49. The maximum atomic E-state index is 13.5. The monoisotopic (exact) mass is 273 g/mol. The molecule has 0 saturated heterocycles. The third-order valence-electron chi connectivity index (χ3n) is 3.19. The Labute approximate surface area is 119 Å². The van der Waals surface area contributed by atoms with Crippen LogP contribution in [0.3, 0.4) is 0 Å². The van der Waals surface area contributed by atoms with E-state index in [1.165, 1.54) is 12.1 Å². The minimum atomic E-state index is -0.332. The Morgan fingerprint density at radius 1 is 1.15 bits per heavy atom. The molecule has 0 amide bonds. The van der Waals surface area contributed by atoms with E-state index in [1.54, 1.807) is 6.07 Å². The molecule has 106 valence electrons. The predicted molar refractivity (Wildman–Crippen MR) is 79.6 cm³/mol. The molecule has 0 bridgehead atoms. The van der Waals surface area contributed by atoms with Crippen LogP contribution in [0.15, 0.2) is 36.4 Å². The van der Waals surface area contributed by atoms with Crippen molar-refractivity contribution in [1.29, 1.82) is 0 Å². The van der Waals surface area contributed by atoms with Crippen LogP contribution in [0, 0.1) is 12.7 Å². The Morgan fingerprint density at radius 3 is 2.55 bits per heavy atom. The van der Waals surface area contributed by atoms with Gasteiger partial charge in [0.2, 0.25) is 0 Å². The smallest absolute Gasteiger partial charge is 0.131 e. The van der Waals surface area contributed by atoms with Gasteiger partial charge in [-0.3, -0.25) is 0 Å². The van der Waals surface area contributed by atoms with Gasteiger partial charge in [-0.2, -0.15) is 0 Å². The molecule has 20 heavy (non-hydrogen) atoms. The van der Waals surface area contributed by atoms with Crippen LogP contribution in [0.2, 0.25) is 0 Å². The molecule has 2 N–H and O–H groups in total. The highest BCUT2D eigenvalue weighted by Crippen LogP contribution is 2.32. The summed E-state index contributed by atoms with van der Waals surface area (Å²) in [5.41, 5.74) is 8.50. The van der Waals surface area contributed by atoms with Gasteiger partial charge in [-0.15, -0.1) is 0 Å². The Kier molecular flexibility index (Phi) is 4.40. The van der Waals surface area contributed by atoms with Crippen molar-refractivity contribution in [3.8, 4) is 11.5 Å². The summed E-state index contributed by atoms with van der Waals surface area (Å²) in [6.45, 7) is 6.51. The van der Waals surface area contributed by atoms with E-state index < -0.39 is 0 Å². The number of hydrogen-bond acceptors (Lipinski definition) is 2. The van der Waals surface area contributed by atoms with Gasteiger partial charge in [0.25, 0.3) is 0 Å². The second-order valence-corrected chi connectivity index (χ2v) is 5.30. The van der Waals surface area contributed by atoms with Gasteiger partial charge in [0.15, 0.2) is 0 Å². The molecule has 0 fully saturated rings. The molecule has 3 heteroatoms. The molecular formula is C17H20FNO.